The molecule has 2 aromatic carbocycles. The Morgan fingerprint density at radius 2 is 1.60 bits per heavy atom. The fourth-order valence-electron chi connectivity index (χ4n) is 3.78. The highest BCUT2D eigenvalue weighted by Crippen LogP contribution is 2.22. The fourth-order valence-corrected chi connectivity index (χ4v) is 3.78. The van der Waals surface area contributed by atoms with Gasteiger partial charge in [-0.25, -0.2) is 0 Å². The van der Waals surface area contributed by atoms with Crippen LogP contribution >= 0.6 is 0 Å². The molecular formula is C21H27N3O. The van der Waals surface area contributed by atoms with Crippen LogP contribution in [0.2, 0.25) is 0 Å². The molecule has 2 fully saturated rings. The molecule has 25 heavy (non-hydrogen) atoms. The highest BCUT2D eigenvalue weighted by Gasteiger charge is 2.25. The fraction of sp³-hybridized carbons (Fsp3) is 0.429. The quantitative estimate of drug-likeness (QED) is 0.908. The van der Waals surface area contributed by atoms with Crippen LogP contribution in [0.1, 0.15) is 12.0 Å². The average molecular weight is 337 g/mol. The molecule has 0 unspecified atom stereocenters. The summed E-state index contributed by atoms with van der Waals surface area (Å²) < 4.78 is 5.87. The van der Waals surface area contributed by atoms with Gasteiger partial charge in [0.25, 0.3) is 0 Å². The summed E-state index contributed by atoms with van der Waals surface area (Å²) in [5.41, 5.74) is 1.36. The van der Waals surface area contributed by atoms with Gasteiger partial charge in [0, 0.05) is 45.3 Å². The molecule has 0 saturated carbocycles. The first-order chi connectivity index (χ1) is 12.4. The maximum absolute atomic E-state index is 5.87. The minimum Gasteiger partial charge on any atom is -0.457 e. The van der Waals surface area contributed by atoms with Crippen molar-refractivity contribution in [2.75, 3.05) is 39.3 Å². The lowest BCUT2D eigenvalue weighted by Crippen LogP contribution is -2.50. The third-order valence-electron chi connectivity index (χ3n) is 5.27. The molecule has 2 aliphatic rings. The van der Waals surface area contributed by atoms with Crippen molar-refractivity contribution in [1.29, 1.82) is 0 Å². The van der Waals surface area contributed by atoms with Crippen molar-refractivity contribution in [3.63, 3.8) is 0 Å². The van der Waals surface area contributed by atoms with E-state index in [2.05, 4.69) is 39.4 Å². The van der Waals surface area contributed by atoms with Gasteiger partial charge in [0.2, 0.25) is 0 Å². The van der Waals surface area contributed by atoms with E-state index in [9.17, 15) is 0 Å². The van der Waals surface area contributed by atoms with Crippen LogP contribution in [0.4, 0.5) is 0 Å². The molecule has 1 atom stereocenters. The predicted octanol–water partition coefficient (Wildman–Crippen LogP) is 2.96. The summed E-state index contributed by atoms with van der Waals surface area (Å²) in [6.07, 6.45) is 1.31. The van der Waals surface area contributed by atoms with E-state index in [0.29, 0.717) is 0 Å². The molecule has 4 rings (SSSR count). The molecule has 2 aromatic rings. The van der Waals surface area contributed by atoms with Gasteiger partial charge < -0.3 is 10.1 Å². The van der Waals surface area contributed by atoms with Crippen molar-refractivity contribution in [3.8, 4) is 11.5 Å². The van der Waals surface area contributed by atoms with Crippen molar-refractivity contribution < 1.29 is 4.74 Å². The number of para-hydroxylation sites is 1. The molecule has 0 radical (unpaired) electrons. The monoisotopic (exact) mass is 337 g/mol. The SMILES string of the molecule is c1ccc(Oc2ccc(CN3CCN([C@@H]4CCNC4)CC3)cc2)cc1. The van der Waals surface area contributed by atoms with Crippen molar-refractivity contribution in [2.24, 2.45) is 0 Å². The Balaban J connectivity index is 1.27. The molecule has 0 aliphatic carbocycles. The Morgan fingerprint density at radius 1 is 0.880 bits per heavy atom. The Labute approximate surface area is 150 Å². The molecule has 0 aromatic heterocycles. The first-order valence-electron chi connectivity index (χ1n) is 9.36. The van der Waals surface area contributed by atoms with Gasteiger partial charge in [-0.3, -0.25) is 9.80 Å². The zero-order valence-corrected chi connectivity index (χ0v) is 14.7. The van der Waals surface area contributed by atoms with Crippen LogP contribution in [0.15, 0.2) is 54.6 Å². The molecule has 2 saturated heterocycles. The lowest BCUT2D eigenvalue weighted by Gasteiger charge is -2.37. The van der Waals surface area contributed by atoms with Crippen molar-refractivity contribution in [3.05, 3.63) is 60.2 Å². The number of hydrogen-bond donors (Lipinski definition) is 1. The van der Waals surface area contributed by atoms with E-state index in [-0.39, 0.29) is 0 Å². The lowest BCUT2D eigenvalue weighted by atomic mass is 10.1. The Hall–Kier alpha value is -1.88. The number of rotatable bonds is 5. The van der Waals surface area contributed by atoms with E-state index in [1.807, 2.05) is 30.3 Å². The Morgan fingerprint density at radius 3 is 2.28 bits per heavy atom. The first kappa shape index (κ1) is 16.6. The second-order valence-corrected chi connectivity index (χ2v) is 7.02. The molecule has 4 heteroatoms. The maximum Gasteiger partial charge on any atom is 0.127 e. The highest BCUT2D eigenvalue weighted by atomic mass is 16.5. The first-order valence-corrected chi connectivity index (χ1v) is 9.36. The van der Waals surface area contributed by atoms with Gasteiger partial charge in [0.05, 0.1) is 0 Å². The largest absolute Gasteiger partial charge is 0.457 e. The van der Waals surface area contributed by atoms with Crippen molar-refractivity contribution in [2.45, 2.75) is 19.0 Å². The van der Waals surface area contributed by atoms with Crippen LogP contribution < -0.4 is 10.1 Å². The van der Waals surface area contributed by atoms with Crippen LogP contribution in [0.5, 0.6) is 11.5 Å². The Bertz CT molecular complexity index is 645. The van der Waals surface area contributed by atoms with E-state index in [4.69, 9.17) is 4.74 Å². The molecular weight excluding hydrogens is 310 g/mol. The van der Waals surface area contributed by atoms with Gasteiger partial charge >= 0.3 is 0 Å². The number of ether oxygens (including phenoxy) is 1. The van der Waals surface area contributed by atoms with Gasteiger partial charge in [-0.1, -0.05) is 30.3 Å². The van der Waals surface area contributed by atoms with Crippen LogP contribution in [-0.4, -0.2) is 55.1 Å². The molecule has 1 N–H and O–H groups in total. The van der Waals surface area contributed by atoms with Gasteiger partial charge in [-0.2, -0.15) is 0 Å². The molecule has 0 amide bonds. The molecule has 4 nitrogen and oxygen atoms in total. The Kier molecular flexibility index (Phi) is 5.31. The summed E-state index contributed by atoms with van der Waals surface area (Å²) in [6.45, 7) is 8.11. The number of nitrogens with one attached hydrogen (secondary N) is 1. The predicted molar refractivity (Wildman–Crippen MR) is 101 cm³/mol. The van der Waals surface area contributed by atoms with Crippen molar-refractivity contribution in [1.82, 2.24) is 15.1 Å². The molecule has 132 valence electrons. The van der Waals surface area contributed by atoms with Gasteiger partial charge in [-0.15, -0.1) is 0 Å². The summed E-state index contributed by atoms with van der Waals surface area (Å²) in [7, 11) is 0. The summed E-state index contributed by atoms with van der Waals surface area (Å²) in [5.74, 6) is 1.78. The van der Waals surface area contributed by atoms with Crippen LogP contribution in [0.25, 0.3) is 0 Å². The normalized spacial score (nSPS) is 22.2. The number of piperazine rings is 1. The van der Waals surface area contributed by atoms with Crippen LogP contribution in [-0.2, 0) is 6.54 Å². The zero-order chi connectivity index (χ0) is 16.9. The molecule has 2 aliphatic heterocycles. The number of hydrogen-bond acceptors (Lipinski definition) is 4. The second kappa shape index (κ2) is 8.00. The van der Waals surface area contributed by atoms with E-state index in [1.54, 1.807) is 0 Å². The lowest BCUT2D eigenvalue weighted by molar-refractivity contribution is 0.0981. The number of nitrogens with zero attached hydrogens (tertiary/aromatic N) is 2. The molecule has 2 heterocycles. The summed E-state index contributed by atoms with van der Waals surface area (Å²) in [5, 5.41) is 3.48. The third kappa shape index (κ3) is 4.40. The molecule has 0 spiro atoms. The topological polar surface area (TPSA) is 27.7 Å². The number of benzene rings is 2. The van der Waals surface area contributed by atoms with E-state index < -0.39 is 0 Å². The summed E-state index contributed by atoms with van der Waals surface area (Å²) >= 11 is 0. The minimum atomic E-state index is 0.761. The van der Waals surface area contributed by atoms with E-state index in [0.717, 1.165) is 24.1 Å². The van der Waals surface area contributed by atoms with Gasteiger partial charge in [0.1, 0.15) is 11.5 Å². The summed E-state index contributed by atoms with van der Waals surface area (Å²) in [6, 6.07) is 19.2. The molecule has 0 bridgehead atoms. The second-order valence-electron chi connectivity index (χ2n) is 7.02. The standard InChI is InChI=1S/C21H27N3O/c1-2-4-20(5-3-1)25-21-8-6-18(7-9-21)17-23-12-14-24(15-13-23)19-10-11-22-16-19/h1-9,19,22H,10-17H2/t19-/m1/s1. The van der Waals surface area contributed by atoms with Gasteiger partial charge in [0.15, 0.2) is 0 Å². The minimum absolute atomic E-state index is 0.761. The summed E-state index contributed by atoms with van der Waals surface area (Å²) in [4.78, 5) is 5.22. The highest BCUT2D eigenvalue weighted by molar-refractivity contribution is 5.32. The van der Waals surface area contributed by atoms with E-state index >= 15 is 0 Å². The van der Waals surface area contributed by atoms with Crippen LogP contribution in [0.3, 0.4) is 0 Å². The average Bonchev–Trinajstić information content (AvgIpc) is 3.20. The smallest absolute Gasteiger partial charge is 0.127 e. The van der Waals surface area contributed by atoms with Gasteiger partial charge in [-0.05, 0) is 42.8 Å². The zero-order valence-electron chi connectivity index (χ0n) is 14.7. The van der Waals surface area contributed by atoms with E-state index in [1.165, 1.54) is 51.3 Å². The third-order valence-corrected chi connectivity index (χ3v) is 5.27. The van der Waals surface area contributed by atoms with Crippen molar-refractivity contribution >= 4 is 0 Å². The van der Waals surface area contributed by atoms with Crippen LogP contribution in [0, 0.1) is 0 Å². The maximum atomic E-state index is 5.87.